The van der Waals surface area contributed by atoms with Gasteiger partial charge in [0.1, 0.15) is 5.82 Å². The van der Waals surface area contributed by atoms with Gasteiger partial charge in [-0.2, -0.15) is 0 Å². The van der Waals surface area contributed by atoms with Crippen LogP contribution in [0.25, 0.3) is 11.1 Å². The van der Waals surface area contributed by atoms with Crippen LogP contribution in [0.15, 0.2) is 24.3 Å². The molecule has 82 valence electrons. The van der Waals surface area contributed by atoms with Gasteiger partial charge in [0.05, 0.1) is 0 Å². The Morgan fingerprint density at radius 2 is 1.69 bits per heavy atom. The lowest BCUT2D eigenvalue weighted by Crippen LogP contribution is -2.01. The summed E-state index contributed by atoms with van der Waals surface area (Å²) in [7, 11) is 0. The van der Waals surface area contributed by atoms with E-state index >= 15 is 0 Å². The molecule has 0 amide bonds. The van der Waals surface area contributed by atoms with Gasteiger partial charge in [0, 0.05) is 5.56 Å². The zero-order valence-electron chi connectivity index (χ0n) is 9.36. The molecule has 2 aromatic rings. The molecule has 1 aromatic carbocycles. The van der Waals surface area contributed by atoms with Crippen molar-refractivity contribution in [3.8, 4) is 11.1 Å². The number of aryl methyl sites for hydroxylation is 2. The predicted octanol–water partition coefficient (Wildman–Crippen LogP) is 1.92. The highest BCUT2D eigenvalue weighted by atomic mass is 15.2. The molecule has 2 rings (SSSR count). The van der Waals surface area contributed by atoms with Gasteiger partial charge >= 0.3 is 0 Å². The normalized spacial score (nSPS) is 10.4. The molecule has 1 aromatic heterocycles. The largest absolute Gasteiger partial charge is 0.382 e. The van der Waals surface area contributed by atoms with E-state index in [-0.39, 0.29) is 0 Å². The first-order chi connectivity index (χ1) is 7.58. The SMILES string of the molecule is Cc1ccc(-c2cc(N)nnc2N)c(C)c1. The number of nitrogens with zero attached hydrogens (tertiary/aromatic N) is 2. The minimum Gasteiger partial charge on any atom is -0.382 e. The second-order valence-electron chi connectivity index (χ2n) is 3.89. The summed E-state index contributed by atoms with van der Waals surface area (Å²) in [5, 5.41) is 7.54. The van der Waals surface area contributed by atoms with Crippen LogP contribution in [-0.4, -0.2) is 10.2 Å². The number of hydrogen-bond acceptors (Lipinski definition) is 4. The Bertz CT molecular complexity index is 535. The molecule has 4 heteroatoms. The van der Waals surface area contributed by atoms with Crippen LogP contribution >= 0.6 is 0 Å². The third-order valence-electron chi connectivity index (χ3n) is 2.51. The Morgan fingerprint density at radius 3 is 2.38 bits per heavy atom. The lowest BCUT2D eigenvalue weighted by atomic mass is 9.99. The highest BCUT2D eigenvalue weighted by molar-refractivity contribution is 5.77. The molecule has 1 heterocycles. The average Bonchev–Trinajstić information content (AvgIpc) is 2.22. The van der Waals surface area contributed by atoms with Gasteiger partial charge in [0.2, 0.25) is 0 Å². The molecule has 16 heavy (non-hydrogen) atoms. The highest BCUT2D eigenvalue weighted by Gasteiger charge is 2.08. The summed E-state index contributed by atoms with van der Waals surface area (Å²) < 4.78 is 0. The highest BCUT2D eigenvalue weighted by Crippen LogP contribution is 2.28. The fourth-order valence-electron chi connectivity index (χ4n) is 1.75. The smallest absolute Gasteiger partial charge is 0.154 e. The third kappa shape index (κ3) is 1.82. The van der Waals surface area contributed by atoms with Gasteiger partial charge in [0.25, 0.3) is 0 Å². The number of nitrogen functional groups attached to an aromatic ring is 2. The Kier molecular flexibility index (Phi) is 2.48. The van der Waals surface area contributed by atoms with Gasteiger partial charge in [-0.25, -0.2) is 0 Å². The molecule has 4 nitrogen and oxygen atoms in total. The van der Waals surface area contributed by atoms with Crippen molar-refractivity contribution in [3.05, 3.63) is 35.4 Å². The van der Waals surface area contributed by atoms with E-state index in [0.717, 1.165) is 16.7 Å². The van der Waals surface area contributed by atoms with Crippen molar-refractivity contribution in [2.24, 2.45) is 0 Å². The van der Waals surface area contributed by atoms with E-state index in [2.05, 4.69) is 23.2 Å². The maximum absolute atomic E-state index is 5.80. The molecule has 0 unspecified atom stereocenters. The van der Waals surface area contributed by atoms with E-state index in [1.54, 1.807) is 6.07 Å². The third-order valence-corrected chi connectivity index (χ3v) is 2.51. The molecule has 0 aliphatic rings. The van der Waals surface area contributed by atoms with Gasteiger partial charge in [-0.15, -0.1) is 10.2 Å². The van der Waals surface area contributed by atoms with Gasteiger partial charge in [-0.1, -0.05) is 23.8 Å². The Balaban J connectivity index is 2.62. The van der Waals surface area contributed by atoms with Crippen LogP contribution in [0.1, 0.15) is 11.1 Å². The molecular formula is C12H14N4. The fourth-order valence-corrected chi connectivity index (χ4v) is 1.75. The van der Waals surface area contributed by atoms with Gasteiger partial charge < -0.3 is 11.5 Å². The summed E-state index contributed by atoms with van der Waals surface area (Å²) in [6, 6.07) is 7.92. The van der Waals surface area contributed by atoms with Crippen molar-refractivity contribution in [3.63, 3.8) is 0 Å². The Hall–Kier alpha value is -2.10. The summed E-state index contributed by atoms with van der Waals surface area (Å²) in [5.74, 6) is 0.783. The minimum absolute atomic E-state index is 0.379. The zero-order valence-corrected chi connectivity index (χ0v) is 9.36. The molecule has 0 saturated carbocycles. The summed E-state index contributed by atoms with van der Waals surface area (Å²) >= 11 is 0. The van der Waals surface area contributed by atoms with Crippen molar-refractivity contribution < 1.29 is 0 Å². The second-order valence-corrected chi connectivity index (χ2v) is 3.89. The second kappa shape index (κ2) is 3.81. The van der Waals surface area contributed by atoms with Crippen molar-refractivity contribution in [2.45, 2.75) is 13.8 Å². The van der Waals surface area contributed by atoms with Crippen LogP contribution in [0.3, 0.4) is 0 Å². The van der Waals surface area contributed by atoms with E-state index in [4.69, 9.17) is 11.5 Å². The molecule has 4 N–H and O–H groups in total. The van der Waals surface area contributed by atoms with Crippen molar-refractivity contribution in [1.29, 1.82) is 0 Å². The van der Waals surface area contributed by atoms with Gasteiger partial charge in [-0.3, -0.25) is 0 Å². The van der Waals surface area contributed by atoms with Crippen molar-refractivity contribution in [2.75, 3.05) is 11.5 Å². The molecule has 0 radical (unpaired) electrons. The van der Waals surface area contributed by atoms with E-state index in [1.165, 1.54) is 5.56 Å². The number of anilines is 2. The maximum atomic E-state index is 5.80. The summed E-state index contributed by atoms with van der Waals surface area (Å²) in [6.07, 6.45) is 0. The quantitative estimate of drug-likeness (QED) is 0.760. The van der Waals surface area contributed by atoms with E-state index < -0.39 is 0 Å². The minimum atomic E-state index is 0.379. The lowest BCUT2D eigenvalue weighted by molar-refractivity contribution is 1.05. The molecule has 0 aliphatic carbocycles. The van der Waals surface area contributed by atoms with Crippen LogP contribution in [0, 0.1) is 13.8 Å². The molecule has 0 bridgehead atoms. The molecule has 0 spiro atoms. The van der Waals surface area contributed by atoms with Gasteiger partial charge in [0.15, 0.2) is 5.82 Å². The number of hydrogen-bond donors (Lipinski definition) is 2. The molecule has 0 saturated heterocycles. The molecule has 0 atom stereocenters. The van der Waals surface area contributed by atoms with Crippen LogP contribution in [0.4, 0.5) is 11.6 Å². The number of rotatable bonds is 1. The van der Waals surface area contributed by atoms with E-state index in [0.29, 0.717) is 11.6 Å². The van der Waals surface area contributed by atoms with Crippen molar-refractivity contribution in [1.82, 2.24) is 10.2 Å². The summed E-state index contributed by atoms with van der Waals surface area (Å²) in [5.41, 5.74) is 15.7. The number of aromatic nitrogens is 2. The first-order valence-electron chi connectivity index (χ1n) is 5.04. The van der Waals surface area contributed by atoms with Crippen molar-refractivity contribution >= 4 is 11.6 Å². The van der Waals surface area contributed by atoms with Gasteiger partial charge in [-0.05, 0) is 31.0 Å². The maximum Gasteiger partial charge on any atom is 0.154 e. The first-order valence-corrected chi connectivity index (χ1v) is 5.04. The molecule has 0 aliphatic heterocycles. The standard InChI is InChI=1S/C12H14N4/c1-7-3-4-9(8(2)5-7)10-6-11(13)15-16-12(10)14/h3-6H,1-2H3,(H2,13,15)(H2,14,16). The molecular weight excluding hydrogens is 200 g/mol. The lowest BCUT2D eigenvalue weighted by Gasteiger charge is -2.09. The Morgan fingerprint density at radius 1 is 0.938 bits per heavy atom. The van der Waals surface area contributed by atoms with Crippen LogP contribution in [0.2, 0.25) is 0 Å². The summed E-state index contributed by atoms with van der Waals surface area (Å²) in [6.45, 7) is 4.09. The zero-order chi connectivity index (χ0) is 11.7. The summed E-state index contributed by atoms with van der Waals surface area (Å²) in [4.78, 5) is 0. The topological polar surface area (TPSA) is 77.8 Å². The number of benzene rings is 1. The fraction of sp³-hybridized carbons (Fsp3) is 0.167. The van der Waals surface area contributed by atoms with E-state index in [9.17, 15) is 0 Å². The molecule has 0 fully saturated rings. The van der Waals surface area contributed by atoms with Crippen LogP contribution in [0.5, 0.6) is 0 Å². The van der Waals surface area contributed by atoms with Crippen LogP contribution < -0.4 is 11.5 Å². The van der Waals surface area contributed by atoms with E-state index in [1.807, 2.05) is 19.1 Å². The first kappa shape index (κ1) is 10.4. The number of nitrogens with two attached hydrogens (primary N) is 2. The Labute approximate surface area is 94.3 Å². The monoisotopic (exact) mass is 214 g/mol. The predicted molar refractivity (Wildman–Crippen MR) is 65.8 cm³/mol. The van der Waals surface area contributed by atoms with Crippen LogP contribution in [-0.2, 0) is 0 Å². The average molecular weight is 214 g/mol.